The highest BCUT2D eigenvalue weighted by Crippen LogP contribution is 1.94. The molecule has 0 saturated heterocycles. The maximum atomic E-state index is 9.60. The lowest BCUT2D eigenvalue weighted by molar-refractivity contribution is -0.367. The predicted molar refractivity (Wildman–Crippen MR) is 92.6 cm³/mol. The van der Waals surface area contributed by atoms with Crippen molar-refractivity contribution >= 4 is 11.9 Å². The van der Waals surface area contributed by atoms with Gasteiger partial charge in [-0.3, -0.25) is 9.68 Å². The smallest absolute Gasteiger partial charge is 0.330 e. The lowest BCUT2D eigenvalue weighted by atomic mass is 10.4. The van der Waals surface area contributed by atoms with Crippen LogP contribution in [0.15, 0.2) is 24.3 Å². The molecule has 9 heteroatoms. The lowest BCUT2D eigenvalue weighted by Gasteiger charge is -2.18. The van der Waals surface area contributed by atoms with Crippen molar-refractivity contribution < 1.29 is 39.7 Å². The molecule has 0 bridgehead atoms. The molecule has 0 fully saturated rings. The number of hydrogen-bond donors (Lipinski definition) is 4. The molecule has 0 rings (SSSR count). The molecule has 0 aromatic rings. The first-order chi connectivity index (χ1) is 11.6. The predicted octanol–water partition coefficient (Wildman–Crippen LogP) is 1.23. The average Bonchev–Trinajstić information content (AvgIpc) is 2.54. The van der Waals surface area contributed by atoms with Gasteiger partial charge >= 0.3 is 11.9 Å². The van der Waals surface area contributed by atoms with E-state index in [9.17, 15) is 9.59 Å². The summed E-state index contributed by atoms with van der Waals surface area (Å²) in [5, 5.41) is 34.1. The molecule has 0 saturated carbocycles. The Morgan fingerprint density at radius 3 is 1.32 bits per heavy atom. The van der Waals surface area contributed by atoms with Crippen molar-refractivity contribution in [2.75, 3.05) is 33.0 Å². The van der Waals surface area contributed by atoms with E-state index >= 15 is 0 Å². The third-order valence-corrected chi connectivity index (χ3v) is 2.06. The molecule has 4 N–H and O–H groups in total. The van der Waals surface area contributed by atoms with Gasteiger partial charge in [-0.1, -0.05) is 18.4 Å². The second kappa shape index (κ2) is 20.3. The molecular weight excluding hydrogens is 334 g/mol. The minimum atomic E-state index is -0.935. The maximum absolute atomic E-state index is 9.60. The monoisotopic (exact) mass is 365 g/mol. The van der Waals surface area contributed by atoms with Crippen molar-refractivity contribution in [3.63, 3.8) is 0 Å². The van der Waals surface area contributed by atoms with Crippen LogP contribution < -0.4 is 0 Å². The number of carboxylic acids is 2. The molecule has 0 aromatic carbocycles. The number of rotatable bonds is 11. The van der Waals surface area contributed by atoms with Gasteiger partial charge in [-0.2, -0.15) is 0 Å². The Balaban J connectivity index is -0.000000336. The van der Waals surface area contributed by atoms with Gasteiger partial charge in [0.15, 0.2) is 0 Å². The second-order valence-electron chi connectivity index (χ2n) is 4.64. The molecule has 0 aliphatic carbocycles. The Kier molecular flexibility index (Phi) is 22.7. The number of hydrogen-bond acceptors (Lipinski definition) is 7. The van der Waals surface area contributed by atoms with Gasteiger partial charge in [0.2, 0.25) is 0 Å². The van der Waals surface area contributed by atoms with Crippen LogP contribution in [0.2, 0.25) is 0 Å². The van der Waals surface area contributed by atoms with E-state index in [4.69, 9.17) is 30.1 Å². The normalized spacial score (nSPS) is 9.36. The molecule has 0 aliphatic heterocycles. The SMILES string of the molecule is C=C(C)C(=O)O.C=C(C)C(=O)O.CCN(OCCCO)OCCCO. The molecule has 0 aliphatic rings. The first-order valence-electron chi connectivity index (χ1n) is 7.66. The van der Waals surface area contributed by atoms with Crippen molar-refractivity contribution in [3.8, 4) is 0 Å². The quantitative estimate of drug-likeness (QED) is 0.242. The lowest BCUT2D eigenvalue weighted by Crippen LogP contribution is -2.25. The van der Waals surface area contributed by atoms with Gasteiger partial charge in [0, 0.05) is 30.9 Å². The van der Waals surface area contributed by atoms with Crippen LogP contribution in [0.3, 0.4) is 0 Å². The molecule has 25 heavy (non-hydrogen) atoms. The number of nitrogens with zero attached hydrogens (tertiary/aromatic N) is 1. The summed E-state index contributed by atoms with van der Waals surface area (Å²) in [7, 11) is 0. The number of aliphatic hydroxyl groups excluding tert-OH is 2. The van der Waals surface area contributed by atoms with E-state index in [-0.39, 0.29) is 24.4 Å². The average molecular weight is 365 g/mol. The summed E-state index contributed by atoms with van der Waals surface area (Å²) in [6, 6.07) is 0. The van der Waals surface area contributed by atoms with Crippen molar-refractivity contribution in [1.82, 2.24) is 5.23 Å². The number of aliphatic carboxylic acids is 2. The zero-order chi connectivity index (χ0) is 20.3. The van der Waals surface area contributed by atoms with E-state index < -0.39 is 11.9 Å². The topological polar surface area (TPSA) is 137 Å². The summed E-state index contributed by atoms with van der Waals surface area (Å²) in [5.74, 6) is -1.87. The van der Waals surface area contributed by atoms with Crippen LogP contribution in [-0.4, -0.2) is 70.6 Å². The molecule has 0 heterocycles. The van der Waals surface area contributed by atoms with Gasteiger partial charge in [0.25, 0.3) is 0 Å². The number of carboxylic acid groups (broad SMARTS) is 2. The van der Waals surface area contributed by atoms with Crippen LogP contribution in [0.4, 0.5) is 0 Å². The minimum Gasteiger partial charge on any atom is -0.478 e. The molecular formula is C16H31NO8. The van der Waals surface area contributed by atoms with Crippen molar-refractivity contribution in [2.45, 2.75) is 33.6 Å². The molecule has 148 valence electrons. The fourth-order valence-electron chi connectivity index (χ4n) is 0.682. The summed E-state index contributed by atoms with van der Waals surface area (Å²) < 4.78 is 0. The minimum absolute atomic E-state index is 0.119. The highest BCUT2D eigenvalue weighted by atomic mass is 16.9. The first-order valence-corrected chi connectivity index (χ1v) is 7.66. The Bertz CT molecular complexity index is 326. The number of aliphatic hydroxyl groups is 2. The Hall–Kier alpha value is -1.78. The fraction of sp³-hybridized carbons (Fsp3) is 0.625. The summed E-state index contributed by atoms with van der Waals surface area (Å²) in [6.45, 7) is 12.9. The van der Waals surface area contributed by atoms with E-state index in [1.54, 1.807) is 0 Å². The van der Waals surface area contributed by atoms with Crippen LogP contribution in [0.25, 0.3) is 0 Å². The van der Waals surface area contributed by atoms with Crippen molar-refractivity contribution in [1.29, 1.82) is 0 Å². The summed E-state index contributed by atoms with van der Waals surface area (Å²) in [6.07, 6.45) is 1.19. The van der Waals surface area contributed by atoms with Crippen LogP contribution >= 0.6 is 0 Å². The maximum Gasteiger partial charge on any atom is 0.330 e. The van der Waals surface area contributed by atoms with Gasteiger partial charge in [0.1, 0.15) is 0 Å². The summed E-state index contributed by atoms with van der Waals surface area (Å²) in [5.41, 5.74) is 0.352. The third-order valence-electron chi connectivity index (χ3n) is 2.06. The fourth-order valence-corrected chi connectivity index (χ4v) is 0.682. The zero-order valence-electron chi connectivity index (χ0n) is 15.2. The molecule has 0 amide bonds. The van der Waals surface area contributed by atoms with Crippen LogP contribution in [-0.2, 0) is 19.3 Å². The van der Waals surface area contributed by atoms with E-state index in [0.29, 0.717) is 32.6 Å². The van der Waals surface area contributed by atoms with Gasteiger partial charge in [0.05, 0.1) is 13.2 Å². The third kappa shape index (κ3) is 27.4. The zero-order valence-corrected chi connectivity index (χ0v) is 15.2. The molecule has 0 aromatic heterocycles. The standard InChI is InChI=1S/C8H19NO4.2C4H6O2/c1-2-9(12-7-3-5-10)13-8-4-6-11;2*1-3(2)4(5)6/h10-11H,2-8H2,1H3;2*1H2,2H3,(H,5,6). The van der Waals surface area contributed by atoms with Crippen LogP contribution in [0, 0.1) is 0 Å². The molecule has 0 radical (unpaired) electrons. The van der Waals surface area contributed by atoms with Gasteiger partial charge in [-0.25, -0.2) is 9.59 Å². The van der Waals surface area contributed by atoms with E-state index in [0.717, 1.165) is 0 Å². The van der Waals surface area contributed by atoms with Crippen LogP contribution in [0.5, 0.6) is 0 Å². The first kappa shape index (κ1) is 28.0. The Labute approximate surface area is 148 Å². The number of carbonyl (C=O) groups is 2. The van der Waals surface area contributed by atoms with Crippen LogP contribution in [0.1, 0.15) is 33.6 Å². The second-order valence-corrected chi connectivity index (χ2v) is 4.64. The van der Waals surface area contributed by atoms with E-state index in [1.165, 1.54) is 19.1 Å². The summed E-state index contributed by atoms with van der Waals surface area (Å²) in [4.78, 5) is 29.5. The largest absolute Gasteiger partial charge is 0.478 e. The Morgan fingerprint density at radius 2 is 1.16 bits per heavy atom. The summed E-state index contributed by atoms with van der Waals surface area (Å²) >= 11 is 0. The van der Waals surface area contributed by atoms with Gasteiger partial charge in [-0.15, -0.1) is 0 Å². The van der Waals surface area contributed by atoms with Gasteiger partial charge < -0.3 is 20.4 Å². The molecule has 0 atom stereocenters. The Morgan fingerprint density at radius 1 is 0.880 bits per heavy atom. The van der Waals surface area contributed by atoms with Crippen molar-refractivity contribution in [3.05, 3.63) is 24.3 Å². The number of hydroxylamine groups is 2. The highest BCUT2D eigenvalue weighted by molar-refractivity contribution is 5.85. The highest BCUT2D eigenvalue weighted by Gasteiger charge is 2.01. The molecule has 9 nitrogen and oxygen atoms in total. The van der Waals surface area contributed by atoms with Crippen molar-refractivity contribution in [2.24, 2.45) is 0 Å². The van der Waals surface area contributed by atoms with Gasteiger partial charge in [-0.05, 0) is 33.6 Å². The van der Waals surface area contributed by atoms with E-state index in [1.807, 2.05) is 6.92 Å². The molecule has 0 spiro atoms. The van der Waals surface area contributed by atoms with E-state index in [2.05, 4.69) is 13.2 Å². The molecule has 0 unspecified atom stereocenters.